The van der Waals surface area contributed by atoms with Crippen LogP contribution in [0.15, 0.2) is 12.4 Å². The summed E-state index contributed by atoms with van der Waals surface area (Å²) in [6.45, 7) is 4.08. The van der Waals surface area contributed by atoms with Gasteiger partial charge < -0.3 is 9.47 Å². The van der Waals surface area contributed by atoms with E-state index in [0.29, 0.717) is 18.2 Å². The molecule has 0 saturated heterocycles. The van der Waals surface area contributed by atoms with Gasteiger partial charge in [0.1, 0.15) is 18.1 Å². The molecule has 0 saturated carbocycles. The molecule has 18 heavy (non-hydrogen) atoms. The average Bonchev–Trinajstić information content (AvgIpc) is 2.85. The number of nitriles is 1. The maximum Gasteiger partial charge on any atom is 0.227 e. The SMILES string of the molecule is Cc1cc(C#N)nc(N2CCn3cnnc3C2)n1. The largest absolute Gasteiger partial charge is 0.331 e. The van der Waals surface area contributed by atoms with E-state index < -0.39 is 0 Å². The van der Waals surface area contributed by atoms with Crippen LogP contribution in [0.5, 0.6) is 0 Å². The van der Waals surface area contributed by atoms with Crippen molar-refractivity contribution in [2.75, 3.05) is 11.4 Å². The molecule has 0 aliphatic carbocycles. The van der Waals surface area contributed by atoms with Crippen molar-refractivity contribution in [1.29, 1.82) is 5.26 Å². The molecular weight excluding hydrogens is 230 g/mol. The first-order valence-electron chi connectivity index (χ1n) is 5.63. The van der Waals surface area contributed by atoms with Crippen molar-refractivity contribution in [2.24, 2.45) is 0 Å². The Hall–Kier alpha value is -2.49. The zero-order chi connectivity index (χ0) is 12.5. The van der Waals surface area contributed by atoms with Crippen LogP contribution in [0.1, 0.15) is 17.2 Å². The van der Waals surface area contributed by atoms with E-state index in [4.69, 9.17) is 5.26 Å². The van der Waals surface area contributed by atoms with Gasteiger partial charge in [0.2, 0.25) is 5.95 Å². The Morgan fingerprint density at radius 2 is 2.22 bits per heavy atom. The van der Waals surface area contributed by atoms with Crippen LogP contribution in [0, 0.1) is 18.3 Å². The summed E-state index contributed by atoms with van der Waals surface area (Å²) in [5.74, 6) is 1.48. The lowest BCUT2D eigenvalue weighted by molar-refractivity contribution is 0.551. The summed E-state index contributed by atoms with van der Waals surface area (Å²) in [5.41, 5.74) is 1.19. The second-order valence-electron chi connectivity index (χ2n) is 4.17. The molecule has 0 radical (unpaired) electrons. The van der Waals surface area contributed by atoms with E-state index in [0.717, 1.165) is 24.6 Å². The molecule has 0 spiro atoms. The minimum Gasteiger partial charge on any atom is -0.331 e. The molecule has 7 heteroatoms. The van der Waals surface area contributed by atoms with Crippen LogP contribution in [0.25, 0.3) is 0 Å². The highest BCUT2D eigenvalue weighted by Gasteiger charge is 2.20. The monoisotopic (exact) mass is 241 g/mol. The number of aryl methyl sites for hydroxylation is 1. The zero-order valence-corrected chi connectivity index (χ0v) is 9.91. The van der Waals surface area contributed by atoms with Gasteiger partial charge in [-0.05, 0) is 13.0 Å². The Kier molecular flexibility index (Phi) is 2.41. The Labute approximate surface area is 104 Å². The molecule has 1 aliphatic rings. The lowest BCUT2D eigenvalue weighted by Crippen LogP contribution is -2.35. The van der Waals surface area contributed by atoms with Crippen molar-refractivity contribution in [3.63, 3.8) is 0 Å². The summed E-state index contributed by atoms with van der Waals surface area (Å²) in [7, 11) is 0. The van der Waals surface area contributed by atoms with Gasteiger partial charge in [-0.15, -0.1) is 10.2 Å². The Balaban J connectivity index is 1.93. The zero-order valence-electron chi connectivity index (χ0n) is 9.91. The summed E-state index contributed by atoms with van der Waals surface area (Å²) < 4.78 is 2.01. The molecule has 0 bridgehead atoms. The van der Waals surface area contributed by atoms with Gasteiger partial charge in [0.05, 0.1) is 6.54 Å². The van der Waals surface area contributed by atoms with Crippen molar-refractivity contribution in [1.82, 2.24) is 24.7 Å². The van der Waals surface area contributed by atoms with Gasteiger partial charge in [0.15, 0.2) is 5.82 Å². The minimum atomic E-state index is 0.393. The van der Waals surface area contributed by atoms with Crippen LogP contribution < -0.4 is 4.90 Å². The van der Waals surface area contributed by atoms with E-state index in [1.807, 2.05) is 16.4 Å². The first kappa shape index (κ1) is 10.7. The summed E-state index contributed by atoms with van der Waals surface area (Å²) in [6, 6.07) is 3.73. The van der Waals surface area contributed by atoms with Gasteiger partial charge in [0, 0.05) is 18.8 Å². The smallest absolute Gasteiger partial charge is 0.227 e. The fourth-order valence-corrected chi connectivity index (χ4v) is 1.99. The standard InChI is InChI=1S/C11H11N7/c1-8-4-9(5-12)15-11(14-8)17-2-3-18-7-13-16-10(18)6-17/h4,7H,2-3,6H2,1H3. The number of hydrogen-bond acceptors (Lipinski definition) is 6. The van der Waals surface area contributed by atoms with Crippen LogP contribution in [-0.4, -0.2) is 31.3 Å². The molecule has 1 aliphatic heterocycles. The van der Waals surface area contributed by atoms with Crippen LogP contribution in [0.2, 0.25) is 0 Å². The quantitative estimate of drug-likeness (QED) is 0.712. The molecule has 90 valence electrons. The van der Waals surface area contributed by atoms with Gasteiger partial charge in [-0.1, -0.05) is 0 Å². The molecule has 0 N–H and O–H groups in total. The summed E-state index contributed by atoms with van der Waals surface area (Å²) in [4.78, 5) is 10.6. The minimum absolute atomic E-state index is 0.393. The molecule has 0 unspecified atom stereocenters. The van der Waals surface area contributed by atoms with Crippen LogP contribution in [-0.2, 0) is 13.1 Å². The van der Waals surface area contributed by atoms with Crippen LogP contribution in [0.4, 0.5) is 5.95 Å². The van der Waals surface area contributed by atoms with Crippen molar-refractivity contribution in [3.8, 4) is 6.07 Å². The Morgan fingerprint density at radius 1 is 1.33 bits per heavy atom. The molecule has 3 rings (SSSR count). The number of hydrogen-bond donors (Lipinski definition) is 0. The van der Waals surface area contributed by atoms with Gasteiger partial charge in [-0.2, -0.15) is 5.26 Å². The molecule has 0 fully saturated rings. The normalized spacial score (nSPS) is 14.1. The third-order valence-corrected chi connectivity index (χ3v) is 2.88. The topological polar surface area (TPSA) is 83.5 Å². The van der Waals surface area contributed by atoms with Gasteiger partial charge >= 0.3 is 0 Å². The molecule has 2 aromatic rings. The lowest BCUT2D eigenvalue weighted by atomic mass is 10.3. The van der Waals surface area contributed by atoms with Crippen molar-refractivity contribution >= 4 is 5.95 Å². The van der Waals surface area contributed by atoms with Gasteiger partial charge in [-0.3, -0.25) is 0 Å². The first-order valence-corrected chi connectivity index (χ1v) is 5.63. The van der Waals surface area contributed by atoms with E-state index in [2.05, 4.69) is 26.2 Å². The highest BCUT2D eigenvalue weighted by molar-refractivity contribution is 5.36. The predicted molar refractivity (Wildman–Crippen MR) is 62.6 cm³/mol. The third kappa shape index (κ3) is 1.78. The molecule has 3 heterocycles. The van der Waals surface area contributed by atoms with E-state index in [1.54, 1.807) is 12.4 Å². The number of nitrogens with zero attached hydrogens (tertiary/aromatic N) is 7. The second-order valence-corrected chi connectivity index (χ2v) is 4.17. The first-order chi connectivity index (χ1) is 8.76. The molecule has 2 aromatic heterocycles. The Bertz CT molecular complexity index is 625. The third-order valence-electron chi connectivity index (χ3n) is 2.88. The van der Waals surface area contributed by atoms with Crippen molar-refractivity contribution in [3.05, 3.63) is 29.6 Å². The maximum absolute atomic E-state index is 8.92. The predicted octanol–water partition coefficient (Wildman–Crippen LogP) is 0.268. The van der Waals surface area contributed by atoms with Crippen molar-refractivity contribution in [2.45, 2.75) is 20.0 Å². The maximum atomic E-state index is 8.92. The number of aromatic nitrogens is 5. The van der Waals surface area contributed by atoms with Gasteiger partial charge in [-0.25, -0.2) is 9.97 Å². The molecule has 7 nitrogen and oxygen atoms in total. The van der Waals surface area contributed by atoms with Crippen LogP contribution >= 0.6 is 0 Å². The van der Waals surface area contributed by atoms with E-state index >= 15 is 0 Å². The second kappa shape index (κ2) is 4.07. The number of rotatable bonds is 1. The molecular formula is C11H11N7. The molecule has 0 amide bonds. The van der Waals surface area contributed by atoms with E-state index in [-0.39, 0.29) is 0 Å². The fourth-order valence-electron chi connectivity index (χ4n) is 1.99. The summed E-state index contributed by atoms with van der Waals surface area (Å²) >= 11 is 0. The highest BCUT2D eigenvalue weighted by atomic mass is 15.4. The lowest BCUT2D eigenvalue weighted by Gasteiger charge is -2.27. The fraction of sp³-hybridized carbons (Fsp3) is 0.364. The van der Waals surface area contributed by atoms with Gasteiger partial charge in [0.25, 0.3) is 0 Å². The van der Waals surface area contributed by atoms with Crippen LogP contribution in [0.3, 0.4) is 0 Å². The summed E-state index contributed by atoms with van der Waals surface area (Å²) in [6.07, 6.45) is 1.73. The van der Waals surface area contributed by atoms with E-state index in [9.17, 15) is 0 Å². The average molecular weight is 241 g/mol. The van der Waals surface area contributed by atoms with E-state index in [1.165, 1.54) is 0 Å². The summed E-state index contributed by atoms with van der Waals surface area (Å²) in [5, 5.41) is 16.8. The molecule has 0 aromatic carbocycles. The highest BCUT2D eigenvalue weighted by Crippen LogP contribution is 2.16. The van der Waals surface area contributed by atoms with Crippen molar-refractivity contribution < 1.29 is 0 Å². The Morgan fingerprint density at radius 3 is 3.06 bits per heavy atom. The molecule has 0 atom stereocenters. The number of anilines is 1. The number of fused-ring (bicyclic) bond motifs is 1.